The van der Waals surface area contributed by atoms with Crippen LogP contribution in [-0.2, 0) is 25.6 Å². The standard InChI is InChI=1S/C26H24N2O7/c1-16-7-5-9-18(13-16)25(32)34-21(23(29)28-15-20-11-3-4-12-27-20)22(24(30)31)35-26(33)19-10-6-8-17(2)14-19/h3-14,21-22H,15H2,1-2H3,(H,28,29)(H,30,31). The average Bonchev–Trinajstić information content (AvgIpc) is 2.84. The number of carboxylic acid groups (broad SMARTS) is 1. The summed E-state index contributed by atoms with van der Waals surface area (Å²) in [5.41, 5.74) is 2.21. The van der Waals surface area contributed by atoms with Crippen LogP contribution in [0.5, 0.6) is 0 Å². The first-order valence-corrected chi connectivity index (χ1v) is 10.7. The van der Waals surface area contributed by atoms with Gasteiger partial charge in [0.15, 0.2) is 0 Å². The summed E-state index contributed by atoms with van der Waals surface area (Å²) >= 11 is 0. The lowest BCUT2D eigenvalue weighted by atomic mass is 10.1. The molecule has 0 saturated heterocycles. The molecule has 1 amide bonds. The summed E-state index contributed by atoms with van der Waals surface area (Å²) in [4.78, 5) is 54.6. The lowest BCUT2D eigenvalue weighted by Crippen LogP contribution is -2.50. The van der Waals surface area contributed by atoms with Gasteiger partial charge in [-0.15, -0.1) is 0 Å². The second-order valence-corrected chi connectivity index (χ2v) is 7.77. The maximum absolute atomic E-state index is 13.0. The van der Waals surface area contributed by atoms with Crippen LogP contribution < -0.4 is 5.32 Å². The fraction of sp³-hybridized carbons (Fsp3) is 0.192. The van der Waals surface area contributed by atoms with Gasteiger partial charge in [0.05, 0.1) is 23.4 Å². The molecule has 35 heavy (non-hydrogen) atoms. The number of pyridine rings is 1. The van der Waals surface area contributed by atoms with E-state index in [1.165, 1.54) is 30.5 Å². The molecule has 0 aliphatic heterocycles. The molecule has 2 N–H and O–H groups in total. The quantitative estimate of drug-likeness (QED) is 0.451. The molecule has 3 aromatic rings. The van der Waals surface area contributed by atoms with E-state index in [2.05, 4.69) is 10.3 Å². The summed E-state index contributed by atoms with van der Waals surface area (Å²) in [6, 6.07) is 17.8. The van der Waals surface area contributed by atoms with Gasteiger partial charge in [-0.25, -0.2) is 14.4 Å². The zero-order valence-corrected chi connectivity index (χ0v) is 19.1. The summed E-state index contributed by atoms with van der Waals surface area (Å²) in [7, 11) is 0. The van der Waals surface area contributed by atoms with Crippen LogP contribution in [0.3, 0.4) is 0 Å². The van der Waals surface area contributed by atoms with Crippen LogP contribution in [0.2, 0.25) is 0 Å². The van der Waals surface area contributed by atoms with Crippen LogP contribution in [0.15, 0.2) is 72.9 Å². The number of rotatable bonds is 9. The van der Waals surface area contributed by atoms with E-state index in [1.807, 2.05) is 0 Å². The molecule has 180 valence electrons. The van der Waals surface area contributed by atoms with Crippen LogP contribution in [0, 0.1) is 13.8 Å². The number of nitrogens with one attached hydrogen (secondary N) is 1. The van der Waals surface area contributed by atoms with Gasteiger partial charge in [0.25, 0.3) is 5.91 Å². The molecular formula is C26H24N2O7. The summed E-state index contributed by atoms with van der Waals surface area (Å²) < 4.78 is 10.5. The fourth-order valence-electron chi connectivity index (χ4n) is 3.19. The molecule has 1 heterocycles. The first-order chi connectivity index (χ1) is 16.7. The van der Waals surface area contributed by atoms with E-state index in [9.17, 15) is 24.3 Å². The molecule has 9 heteroatoms. The number of carboxylic acids is 1. The summed E-state index contributed by atoms with van der Waals surface area (Å²) in [6.45, 7) is 3.46. The number of aromatic nitrogens is 1. The van der Waals surface area contributed by atoms with Gasteiger partial charge in [-0.05, 0) is 50.2 Å². The van der Waals surface area contributed by atoms with Gasteiger partial charge in [-0.3, -0.25) is 9.78 Å². The van der Waals surface area contributed by atoms with Gasteiger partial charge < -0.3 is 19.9 Å². The van der Waals surface area contributed by atoms with Crippen molar-refractivity contribution in [2.75, 3.05) is 0 Å². The van der Waals surface area contributed by atoms with E-state index < -0.39 is 36.0 Å². The molecule has 2 unspecified atom stereocenters. The Kier molecular flexibility index (Phi) is 8.29. The smallest absolute Gasteiger partial charge is 0.349 e. The number of nitrogens with zero attached hydrogens (tertiary/aromatic N) is 1. The third-order valence-electron chi connectivity index (χ3n) is 4.92. The van der Waals surface area contributed by atoms with Gasteiger partial charge >= 0.3 is 17.9 Å². The van der Waals surface area contributed by atoms with Crippen LogP contribution in [0.25, 0.3) is 0 Å². The maximum atomic E-state index is 13.0. The van der Waals surface area contributed by atoms with E-state index in [4.69, 9.17) is 9.47 Å². The molecule has 0 radical (unpaired) electrons. The number of ether oxygens (including phenoxy) is 2. The van der Waals surface area contributed by atoms with Crippen molar-refractivity contribution in [2.45, 2.75) is 32.6 Å². The zero-order chi connectivity index (χ0) is 25.4. The highest BCUT2D eigenvalue weighted by molar-refractivity contribution is 5.96. The third kappa shape index (κ3) is 6.97. The molecule has 2 aromatic carbocycles. The van der Waals surface area contributed by atoms with Gasteiger partial charge in [0.1, 0.15) is 0 Å². The zero-order valence-electron chi connectivity index (χ0n) is 19.1. The topological polar surface area (TPSA) is 132 Å². The van der Waals surface area contributed by atoms with Gasteiger partial charge in [-0.2, -0.15) is 0 Å². The molecule has 0 bridgehead atoms. The van der Waals surface area contributed by atoms with Crippen molar-refractivity contribution < 1.29 is 33.8 Å². The number of carbonyl (C=O) groups is 4. The van der Waals surface area contributed by atoms with E-state index in [1.54, 1.807) is 56.3 Å². The lowest BCUT2D eigenvalue weighted by molar-refractivity contribution is -0.159. The van der Waals surface area contributed by atoms with Crippen LogP contribution in [0.1, 0.15) is 37.5 Å². The molecule has 0 saturated carbocycles. The molecular weight excluding hydrogens is 452 g/mol. The van der Waals surface area contributed by atoms with E-state index in [-0.39, 0.29) is 17.7 Å². The summed E-state index contributed by atoms with van der Waals surface area (Å²) in [6.07, 6.45) is -2.53. The fourth-order valence-corrected chi connectivity index (χ4v) is 3.19. The Balaban J connectivity index is 1.86. The highest BCUT2D eigenvalue weighted by Crippen LogP contribution is 2.15. The Labute approximate surface area is 201 Å². The molecule has 0 aliphatic carbocycles. The number of aryl methyl sites for hydroxylation is 2. The largest absolute Gasteiger partial charge is 0.478 e. The maximum Gasteiger partial charge on any atom is 0.349 e. The molecule has 2 atom stereocenters. The van der Waals surface area contributed by atoms with Crippen molar-refractivity contribution in [3.05, 3.63) is 101 Å². The number of carbonyl (C=O) groups excluding carboxylic acids is 3. The highest BCUT2D eigenvalue weighted by Gasteiger charge is 2.41. The predicted octanol–water partition coefficient (Wildman–Crippen LogP) is 2.85. The number of amides is 1. The minimum atomic E-state index is -2.10. The van der Waals surface area contributed by atoms with Crippen molar-refractivity contribution in [1.82, 2.24) is 10.3 Å². The Hall–Kier alpha value is -4.53. The van der Waals surface area contributed by atoms with Crippen LogP contribution >= 0.6 is 0 Å². The Morgan fingerprint density at radius 2 is 1.40 bits per heavy atom. The highest BCUT2D eigenvalue weighted by atomic mass is 16.6. The number of aliphatic carboxylic acids is 1. The van der Waals surface area contributed by atoms with E-state index in [0.717, 1.165) is 11.1 Å². The second-order valence-electron chi connectivity index (χ2n) is 7.77. The first kappa shape index (κ1) is 25.1. The van der Waals surface area contributed by atoms with Crippen molar-refractivity contribution in [1.29, 1.82) is 0 Å². The molecule has 1 aromatic heterocycles. The number of esters is 2. The summed E-state index contributed by atoms with van der Waals surface area (Å²) in [5.74, 6) is -4.53. The molecule has 3 rings (SSSR count). The molecule has 0 aliphatic rings. The minimum Gasteiger partial charge on any atom is -0.478 e. The van der Waals surface area contributed by atoms with Crippen molar-refractivity contribution >= 4 is 23.8 Å². The van der Waals surface area contributed by atoms with Crippen LogP contribution in [-0.4, -0.2) is 46.1 Å². The third-order valence-corrected chi connectivity index (χ3v) is 4.92. The number of hydrogen-bond acceptors (Lipinski definition) is 7. The SMILES string of the molecule is Cc1cccc(C(=O)OC(C(=O)O)C(OC(=O)c2cccc(C)c2)C(=O)NCc2ccccn2)c1. The molecule has 0 spiro atoms. The Bertz CT molecular complexity index is 1230. The number of benzene rings is 2. The van der Waals surface area contributed by atoms with Gasteiger partial charge in [0, 0.05) is 6.20 Å². The number of hydrogen-bond donors (Lipinski definition) is 2. The Morgan fingerprint density at radius 3 is 1.89 bits per heavy atom. The predicted molar refractivity (Wildman–Crippen MR) is 124 cm³/mol. The molecule has 9 nitrogen and oxygen atoms in total. The average molecular weight is 476 g/mol. The molecule has 0 fully saturated rings. The van der Waals surface area contributed by atoms with Crippen molar-refractivity contribution in [3.63, 3.8) is 0 Å². The monoisotopic (exact) mass is 476 g/mol. The van der Waals surface area contributed by atoms with Gasteiger partial charge in [-0.1, -0.05) is 41.5 Å². The first-order valence-electron chi connectivity index (χ1n) is 10.7. The summed E-state index contributed by atoms with van der Waals surface area (Å²) in [5, 5.41) is 12.3. The van der Waals surface area contributed by atoms with E-state index in [0.29, 0.717) is 5.69 Å². The van der Waals surface area contributed by atoms with Crippen molar-refractivity contribution in [3.8, 4) is 0 Å². The lowest BCUT2D eigenvalue weighted by Gasteiger charge is -2.23. The Morgan fingerprint density at radius 1 is 0.829 bits per heavy atom. The minimum absolute atomic E-state index is 0.0592. The van der Waals surface area contributed by atoms with E-state index >= 15 is 0 Å². The van der Waals surface area contributed by atoms with Crippen molar-refractivity contribution in [2.24, 2.45) is 0 Å². The normalized spacial score (nSPS) is 12.2. The van der Waals surface area contributed by atoms with Gasteiger partial charge in [0.2, 0.25) is 12.2 Å². The van der Waals surface area contributed by atoms with Crippen LogP contribution in [0.4, 0.5) is 0 Å². The second kappa shape index (κ2) is 11.6.